The molecule has 3 aromatic rings. The first kappa shape index (κ1) is 21.7. The van der Waals surface area contributed by atoms with E-state index < -0.39 is 0 Å². The number of amides is 1. The normalized spacial score (nSPS) is 18.8. The summed E-state index contributed by atoms with van der Waals surface area (Å²) in [5.74, 6) is -0.0414. The molecule has 0 radical (unpaired) electrons. The number of aryl methyl sites for hydroxylation is 1. The van der Waals surface area contributed by atoms with Gasteiger partial charge in [-0.05, 0) is 55.0 Å². The number of carbonyl (C=O) groups is 1. The van der Waals surface area contributed by atoms with Crippen molar-refractivity contribution in [3.63, 3.8) is 0 Å². The molecule has 164 valence electrons. The van der Waals surface area contributed by atoms with Crippen molar-refractivity contribution in [2.24, 2.45) is 7.05 Å². The molecule has 1 saturated carbocycles. The summed E-state index contributed by atoms with van der Waals surface area (Å²) in [6.07, 6.45) is 9.62. The van der Waals surface area contributed by atoms with Gasteiger partial charge in [-0.2, -0.15) is 5.10 Å². The smallest absolute Gasteiger partial charge is 0.251 e. The second kappa shape index (κ2) is 10.2. The number of nitrogens with one attached hydrogen (secondary N) is 1. The average molecular weight is 441 g/mol. The van der Waals surface area contributed by atoms with E-state index in [1.807, 2.05) is 37.8 Å². The average Bonchev–Trinajstić information content (AvgIpc) is 3.47. The molecule has 1 aliphatic carbocycles. The van der Waals surface area contributed by atoms with E-state index in [0.717, 1.165) is 47.3 Å². The Kier molecular flexibility index (Phi) is 7.11. The van der Waals surface area contributed by atoms with E-state index >= 15 is 0 Å². The Morgan fingerprint density at radius 2 is 1.94 bits per heavy atom. The van der Waals surface area contributed by atoms with Gasteiger partial charge in [-0.15, -0.1) is 11.3 Å². The lowest BCUT2D eigenvalue weighted by Gasteiger charge is -2.29. The van der Waals surface area contributed by atoms with Gasteiger partial charge in [0.15, 0.2) is 0 Å². The van der Waals surface area contributed by atoms with E-state index in [4.69, 9.17) is 9.47 Å². The second-order valence-corrected chi connectivity index (χ2v) is 8.76. The van der Waals surface area contributed by atoms with Crippen LogP contribution in [0.25, 0.3) is 21.6 Å². The summed E-state index contributed by atoms with van der Waals surface area (Å²) in [6.45, 7) is 1.24. The standard InChI is InChI=1S/C23H28N4O3S/c1-27-14-19(12-25-27)16-9-17(22-13-24-15-31-22)11-18(10-16)23(28)26-20-3-5-21(6-4-20)30-8-7-29-2/h9-15,20-21H,3-8H2,1-2H3,(H,26,28). The van der Waals surface area contributed by atoms with Gasteiger partial charge in [0.2, 0.25) is 0 Å². The van der Waals surface area contributed by atoms with Crippen molar-refractivity contribution in [2.75, 3.05) is 20.3 Å². The Morgan fingerprint density at radius 3 is 2.61 bits per heavy atom. The predicted molar refractivity (Wildman–Crippen MR) is 121 cm³/mol. The minimum Gasteiger partial charge on any atom is -0.382 e. The van der Waals surface area contributed by atoms with E-state index in [1.54, 1.807) is 28.6 Å². The molecule has 7 nitrogen and oxygen atoms in total. The Balaban J connectivity index is 1.47. The van der Waals surface area contributed by atoms with Crippen LogP contribution in [0.4, 0.5) is 0 Å². The zero-order chi connectivity index (χ0) is 21.6. The highest BCUT2D eigenvalue weighted by Crippen LogP contribution is 2.30. The van der Waals surface area contributed by atoms with E-state index in [1.165, 1.54) is 0 Å². The minimum absolute atomic E-state index is 0.0414. The van der Waals surface area contributed by atoms with Crippen LogP contribution >= 0.6 is 11.3 Å². The lowest BCUT2D eigenvalue weighted by atomic mass is 9.92. The molecule has 0 aliphatic heterocycles. The maximum atomic E-state index is 13.1. The molecule has 1 aliphatic rings. The van der Waals surface area contributed by atoms with Crippen molar-refractivity contribution < 1.29 is 14.3 Å². The summed E-state index contributed by atoms with van der Waals surface area (Å²) in [6, 6.07) is 6.14. The molecule has 0 spiro atoms. The molecule has 1 fully saturated rings. The van der Waals surface area contributed by atoms with Crippen LogP contribution in [0.3, 0.4) is 0 Å². The van der Waals surface area contributed by atoms with Crippen molar-refractivity contribution in [3.05, 3.63) is 47.9 Å². The lowest BCUT2D eigenvalue weighted by Crippen LogP contribution is -2.39. The van der Waals surface area contributed by atoms with Crippen LogP contribution in [-0.2, 0) is 16.5 Å². The van der Waals surface area contributed by atoms with Crippen LogP contribution in [0, 0.1) is 0 Å². The molecule has 2 aromatic heterocycles. The van der Waals surface area contributed by atoms with Crippen LogP contribution < -0.4 is 5.32 Å². The van der Waals surface area contributed by atoms with E-state index in [0.29, 0.717) is 18.8 Å². The number of methoxy groups -OCH3 is 1. The molecular weight excluding hydrogens is 412 g/mol. The van der Waals surface area contributed by atoms with Crippen molar-refractivity contribution in [1.29, 1.82) is 0 Å². The zero-order valence-electron chi connectivity index (χ0n) is 17.9. The number of thiazole rings is 1. The summed E-state index contributed by atoms with van der Waals surface area (Å²) in [5.41, 5.74) is 5.41. The largest absolute Gasteiger partial charge is 0.382 e. The van der Waals surface area contributed by atoms with Crippen molar-refractivity contribution in [3.8, 4) is 21.6 Å². The van der Waals surface area contributed by atoms with Gasteiger partial charge in [-0.1, -0.05) is 0 Å². The minimum atomic E-state index is -0.0414. The Morgan fingerprint density at radius 1 is 1.13 bits per heavy atom. The number of hydrogen-bond acceptors (Lipinski definition) is 6. The third kappa shape index (κ3) is 5.58. The molecule has 0 bridgehead atoms. The Labute approximate surface area is 186 Å². The topological polar surface area (TPSA) is 78.3 Å². The molecule has 0 unspecified atom stereocenters. The number of carbonyl (C=O) groups excluding carboxylic acids is 1. The number of hydrogen-bond donors (Lipinski definition) is 1. The molecule has 0 atom stereocenters. The SMILES string of the molecule is COCCOC1CCC(NC(=O)c2cc(-c3cnn(C)c3)cc(-c3cncs3)c2)CC1. The first-order chi connectivity index (χ1) is 15.1. The molecule has 0 saturated heterocycles. The fourth-order valence-corrected chi connectivity index (χ4v) is 4.55. The molecule has 1 amide bonds. The molecule has 1 aromatic carbocycles. The first-order valence-corrected chi connectivity index (χ1v) is 11.4. The number of benzene rings is 1. The van der Waals surface area contributed by atoms with Crippen LogP contribution in [0.1, 0.15) is 36.0 Å². The van der Waals surface area contributed by atoms with Gasteiger partial charge in [0.05, 0.1) is 35.9 Å². The van der Waals surface area contributed by atoms with Gasteiger partial charge >= 0.3 is 0 Å². The number of ether oxygens (including phenoxy) is 2. The second-order valence-electron chi connectivity index (χ2n) is 7.88. The fraction of sp³-hybridized carbons (Fsp3) is 0.435. The van der Waals surface area contributed by atoms with Gasteiger partial charge < -0.3 is 14.8 Å². The quantitative estimate of drug-likeness (QED) is 0.537. The Bertz CT molecular complexity index is 994. The summed E-state index contributed by atoms with van der Waals surface area (Å²) < 4.78 is 12.6. The van der Waals surface area contributed by atoms with Crippen molar-refractivity contribution in [2.45, 2.75) is 37.8 Å². The highest BCUT2D eigenvalue weighted by Gasteiger charge is 2.23. The van der Waals surface area contributed by atoms with Gasteiger partial charge in [-0.3, -0.25) is 14.5 Å². The monoisotopic (exact) mass is 440 g/mol. The van der Waals surface area contributed by atoms with Gasteiger partial charge in [0.1, 0.15) is 0 Å². The fourth-order valence-electron chi connectivity index (χ4n) is 3.94. The van der Waals surface area contributed by atoms with E-state index in [2.05, 4.69) is 21.5 Å². The molecular formula is C23H28N4O3S. The van der Waals surface area contributed by atoms with Crippen LogP contribution in [0.5, 0.6) is 0 Å². The number of rotatable bonds is 8. The van der Waals surface area contributed by atoms with Gasteiger partial charge in [0, 0.05) is 43.7 Å². The third-order valence-corrected chi connectivity index (χ3v) is 6.42. The summed E-state index contributed by atoms with van der Waals surface area (Å²) >= 11 is 1.56. The molecule has 1 N–H and O–H groups in total. The van der Waals surface area contributed by atoms with Crippen LogP contribution in [0.15, 0.2) is 42.3 Å². The number of nitrogens with zero attached hydrogens (tertiary/aromatic N) is 3. The van der Waals surface area contributed by atoms with Crippen molar-refractivity contribution >= 4 is 17.2 Å². The Hall–Kier alpha value is -2.55. The predicted octanol–water partition coefficient (Wildman–Crippen LogP) is 3.91. The van der Waals surface area contributed by atoms with E-state index in [-0.39, 0.29) is 18.1 Å². The van der Waals surface area contributed by atoms with Gasteiger partial charge in [0.25, 0.3) is 5.91 Å². The van der Waals surface area contributed by atoms with Crippen molar-refractivity contribution in [1.82, 2.24) is 20.1 Å². The van der Waals surface area contributed by atoms with Gasteiger partial charge in [-0.25, -0.2) is 0 Å². The lowest BCUT2D eigenvalue weighted by molar-refractivity contribution is -0.00408. The highest BCUT2D eigenvalue weighted by atomic mass is 32.1. The summed E-state index contributed by atoms with van der Waals surface area (Å²) in [4.78, 5) is 18.3. The molecule has 4 rings (SSSR count). The maximum Gasteiger partial charge on any atom is 0.251 e. The maximum absolute atomic E-state index is 13.1. The summed E-state index contributed by atoms with van der Waals surface area (Å²) in [5, 5.41) is 7.50. The van der Waals surface area contributed by atoms with E-state index in [9.17, 15) is 4.79 Å². The molecule has 2 heterocycles. The highest BCUT2D eigenvalue weighted by molar-refractivity contribution is 7.13. The zero-order valence-corrected chi connectivity index (χ0v) is 18.7. The molecule has 31 heavy (non-hydrogen) atoms. The molecule has 8 heteroatoms. The summed E-state index contributed by atoms with van der Waals surface area (Å²) in [7, 11) is 3.57. The first-order valence-electron chi connectivity index (χ1n) is 10.6. The third-order valence-electron chi connectivity index (χ3n) is 5.60. The van der Waals surface area contributed by atoms with Crippen LogP contribution in [0.2, 0.25) is 0 Å². The van der Waals surface area contributed by atoms with Crippen LogP contribution in [-0.4, -0.2) is 53.1 Å². The number of aromatic nitrogens is 3.